The van der Waals surface area contributed by atoms with Crippen LogP contribution >= 0.6 is 0 Å². The first-order chi connectivity index (χ1) is 21.7. The van der Waals surface area contributed by atoms with Crippen LogP contribution < -0.4 is 16.1 Å². The largest absolute Gasteiger partial charge is 0.490 e. The number of benzene rings is 3. The van der Waals surface area contributed by atoms with Gasteiger partial charge in [0.05, 0.1) is 23.1 Å². The summed E-state index contributed by atoms with van der Waals surface area (Å²) < 4.78 is 12.7. The van der Waals surface area contributed by atoms with E-state index in [4.69, 9.17) is 14.2 Å². The van der Waals surface area contributed by atoms with Crippen molar-refractivity contribution in [3.63, 3.8) is 0 Å². The topological polar surface area (TPSA) is 123 Å². The zero-order chi connectivity index (χ0) is 31.6. The van der Waals surface area contributed by atoms with Gasteiger partial charge < -0.3 is 9.84 Å². The SMILES string of the molecule is CCCc1nc(C)n(-c2ccc(OC3CCC(C)(O)CC3)cc2)c(=O)c1Cc1ccc(-c2ccccc2)c(-c2noc(=O)[nH]2)c1. The number of rotatable bonds is 9. The number of nitrogens with zero attached hydrogens (tertiary/aromatic N) is 3. The van der Waals surface area contributed by atoms with Crippen LogP contribution in [0.5, 0.6) is 5.75 Å². The first kappa shape index (κ1) is 30.3. The van der Waals surface area contributed by atoms with Gasteiger partial charge in [-0.15, -0.1) is 0 Å². The smallest absolute Gasteiger partial charge is 0.439 e. The maximum atomic E-state index is 14.2. The van der Waals surface area contributed by atoms with Crippen LogP contribution in [-0.2, 0) is 12.8 Å². The number of aromatic amines is 1. The molecule has 1 saturated carbocycles. The third-order valence-corrected chi connectivity index (χ3v) is 8.57. The van der Waals surface area contributed by atoms with Crippen molar-refractivity contribution in [3.8, 4) is 34.0 Å². The third kappa shape index (κ3) is 6.68. The molecule has 1 fully saturated rings. The van der Waals surface area contributed by atoms with Crippen molar-refractivity contribution in [3.05, 3.63) is 116 Å². The summed E-state index contributed by atoms with van der Waals surface area (Å²) in [5, 5.41) is 14.2. The van der Waals surface area contributed by atoms with E-state index in [9.17, 15) is 14.7 Å². The van der Waals surface area contributed by atoms with Crippen LogP contribution in [0.4, 0.5) is 0 Å². The lowest BCUT2D eigenvalue weighted by atomic mass is 9.85. The Kier molecular flexibility index (Phi) is 8.54. The Balaban J connectivity index is 1.34. The highest BCUT2D eigenvalue weighted by Gasteiger charge is 2.29. The van der Waals surface area contributed by atoms with Crippen LogP contribution in [-0.4, -0.2) is 36.5 Å². The molecule has 2 aromatic heterocycles. The predicted octanol–water partition coefficient (Wildman–Crippen LogP) is 6.17. The molecule has 2 heterocycles. The summed E-state index contributed by atoms with van der Waals surface area (Å²) in [5.74, 6) is 1.06. The predicted molar refractivity (Wildman–Crippen MR) is 173 cm³/mol. The Morgan fingerprint density at radius 3 is 2.42 bits per heavy atom. The molecular formula is C36H38N4O5. The lowest BCUT2D eigenvalue weighted by molar-refractivity contribution is -0.0108. The van der Waals surface area contributed by atoms with Gasteiger partial charge >= 0.3 is 5.76 Å². The van der Waals surface area contributed by atoms with Gasteiger partial charge in [-0.3, -0.25) is 18.9 Å². The average Bonchev–Trinajstić information content (AvgIpc) is 3.47. The van der Waals surface area contributed by atoms with Gasteiger partial charge in [-0.1, -0.05) is 61.0 Å². The normalized spacial score (nSPS) is 18.2. The number of aliphatic hydroxyl groups is 1. The van der Waals surface area contributed by atoms with Gasteiger partial charge in [0.2, 0.25) is 0 Å². The van der Waals surface area contributed by atoms with Crippen molar-refractivity contribution in [1.29, 1.82) is 0 Å². The molecule has 1 aliphatic carbocycles. The second-order valence-corrected chi connectivity index (χ2v) is 12.1. The number of ether oxygens (including phenoxy) is 1. The Morgan fingerprint density at radius 1 is 1.02 bits per heavy atom. The number of hydrogen-bond donors (Lipinski definition) is 2. The highest BCUT2D eigenvalue weighted by molar-refractivity contribution is 5.81. The maximum absolute atomic E-state index is 14.2. The number of aryl methyl sites for hydroxylation is 2. The first-order valence-corrected chi connectivity index (χ1v) is 15.6. The van der Waals surface area contributed by atoms with E-state index in [1.807, 2.05) is 86.6 Å². The zero-order valence-electron chi connectivity index (χ0n) is 25.9. The van der Waals surface area contributed by atoms with Crippen molar-refractivity contribution in [2.45, 2.75) is 77.4 Å². The van der Waals surface area contributed by atoms with Crippen LogP contribution in [0.25, 0.3) is 28.2 Å². The zero-order valence-corrected chi connectivity index (χ0v) is 25.9. The minimum absolute atomic E-state index is 0.0652. The second kappa shape index (κ2) is 12.7. The molecule has 5 aromatic rings. The fraction of sp³-hybridized carbons (Fsp3) is 0.333. The molecule has 0 saturated heterocycles. The molecule has 0 aliphatic heterocycles. The lowest BCUT2D eigenvalue weighted by Gasteiger charge is -2.33. The average molecular weight is 607 g/mol. The molecule has 45 heavy (non-hydrogen) atoms. The quantitative estimate of drug-likeness (QED) is 0.206. The fourth-order valence-corrected chi connectivity index (χ4v) is 6.16. The number of H-pyrrole nitrogens is 1. The van der Waals surface area contributed by atoms with Crippen molar-refractivity contribution in [1.82, 2.24) is 19.7 Å². The molecule has 0 radical (unpaired) electrons. The van der Waals surface area contributed by atoms with E-state index in [1.165, 1.54) is 0 Å². The molecule has 0 unspecified atom stereocenters. The molecule has 9 heteroatoms. The molecule has 0 amide bonds. The highest BCUT2D eigenvalue weighted by atomic mass is 16.5. The van der Waals surface area contributed by atoms with E-state index in [2.05, 4.69) is 17.1 Å². The summed E-state index contributed by atoms with van der Waals surface area (Å²) in [7, 11) is 0. The minimum Gasteiger partial charge on any atom is -0.490 e. The minimum atomic E-state index is -0.631. The molecule has 6 rings (SSSR count). The van der Waals surface area contributed by atoms with E-state index in [0.29, 0.717) is 41.3 Å². The molecule has 0 atom stereocenters. The molecule has 0 bridgehead atoms. The fourth-order valence-electron chi connectivity index (χ4n) is 6.16. The summed E-state index contributed by atoms with van der Waals surface area (Å²) in [6.07, 6.45) is 5.00. The van der Waals surface area contributed by atoms with Gasteiger partial charge in [0, 0.05) is 17.5 Å². The summed E-state index contributed by atoms with van der Waals surface area (Å²) in [6, 6.07) is 23.3. The molecule has 1 aliphatic rings. The van der Waals surface area contributed by atoms with Crippen LogP contribution in [0.2, 0.25) is 0 Å². The maximum Gasteiger partial charge on any atom is 0.439 e. The van der Waals surface area contributed by atoms with E-state index in [-0.39, 0.29) is 11.7 Å². The van der Waals surface area contributed by atoms with Crippen LogP contribution in [0, 0.1) is 6.92 Å². The van der Waals surface area contributed by atoms with Crippen molar-refractivity contribution >= 4 is 0 Å². The van der Waals surface area contributed by atoms with Gasteiger partial charge in [-0.25, -0.2) is 9.78 Å². The molecule has 0 spiro atoms. The molecule has 3 aromatic carbocycles. The molecule has 9 nitrogen and oxygen atoms in total. The van der Waals surface area contributed by atoms with Crippen LogP contribution in [0.1, 0.15) is 68.6 Å². The van der Waals surface area contributed by atoms with E-state index in [1.54, 1.807) is 4.57 Å². The van der Waals surface area contributed by atoms with E-state index in [0.717, 1.165) is 60.2 Å². The Hall–Kier alpha value is -4.76. The van der Waals surface area contributed by atoms with Gasteiger partial charge in [0.15, 0.2) is 5.82 Å². The summed E-state index contributed by atoms with van der Waals surface area (Å²) in [5.41, 5.74) is 4.85. The van der Waals surface area contributed by atoms with E-state index >= 15 is 0 Å². The van der Waals surface area contributed by atoms with Crippen LogP contribution in [0.3, 0.4) is 0 Å². The van der Waals surface area contributed by atoms with Crippen molar-refractivity contribution < 1.29 is 14.4 Å². The highest BCUT2D eigenvalue weighted by Crippen LogP contribution is 2.32. The van der Waals surface area contributed by atoms with E-state index < -0.39 is 11.4 Å². The first-order valence-electron chi connectivity index (χ1n) is 15.6. The van der Waals surface area contributed by atoms with Gasteiger partial charge in [0.25, 0.3) is 5.56 Å². The van der Waals surface area contributed by atoms with Gasteiger partial charge in [-0.2, -0.15) is 0 Å². The standard InChI is InChI=1S/C36H38N4O5/c1-4-8-32-31(22-24-11-16-29(25-9-6-5-7-10-25)30(21-24)33-38-35(42)45-39-33)34(41)40(23(2)37-32)26-12-14-27(15-13-26)44-28-17-19-36(3,43)20-18-28/h5-7,9-16,21,28,43H,4,8,17-20,22H2,1-3H3,(H,38,39,42). The lowest BCUT2D eigenvalue weighted by Crippen LogP contribution is -2.34. The van der Waals surface area contributed by atoms with Gasteiger partial charge in [-0.05, 0) is 93.0 Å². The Morgan fingerprint density at radius 2 is 1.76 bits per heavy atom. The van der Waals surface area contributed by atoms with Crippen molar-refractivity contribution in [2.75, 3.05) is 0 Å². The summed E-state index contributed by atoms with van der Waals surface area (Å²) in [4.78, 5) is 33.6. The molecule has 2 N–H and O–H groups in total. The Bertz CT molecular complexity index is 1890. The second-order valence-electron chi connectivity index (χ2n) is 12.1. The molecular weight excluding hydrogens is 568 g/mol. The number of hydrogen-bond acceptors (Lipinski definition) is 7. The summed E-state index contributed by atoms with van der Waals surface area (Å²) >= 11 is 0. The monoisotopic (exact) mass is 606 g/mol. The van der Waals surface area contributed by atoms with Crippen LogP contribution in [0.15, 0.2) is 86.9 Å². The van der Waals surface area contributed by atoms with Crippen molar-refractivity contribution in [2.24, 2.45) is 0 Å². The van der Waals surface area contributed by atoms with Gasteiger partial charge in [0.1, 0.15) is 11.6 Å². The number of aromatic nitrogens is 4. The summed E-state index contributed by atoms with van der Waals surface area (Å²) in [6.45, 7) is 5.81. The third-order valence-electron chi connectivity index (χ3n) is 8.57. The molecule has 232 valence electrons. The Labute approximate surface area is 261 Å². The number of nitrogens with one attached hydrogen (secondary N) is 1.